The fourth-order valence-electron chi connectivity index (χ4n) is 3.55. The molecule has 1 N–H and O–H groups in total. The third-order valence-electron chi connectivity index (χ3n) is 4.18. The number of fused-ring (bicyclic) bond motifs is 2. The van der Waals surface area contributed by atoms with Gasteiger partial charge >= 0.3 is 6.09 Å². The lowest BCUT2D eigenvalue weighted by molar-refractivity contribution is -0.167. The van der Waals surface area contributed by atoms with Crippen molar-refractivity contribution in [2.24, 2.45) is 5.92 Å². The van der Waals surface area contributed by atoms with Crippen LogP contribution in [-0.4, -0.2) is 39.4 Å². The molecule has 0 radical (unpaired) electrons. The van der Waals surface area contributed by atoms with Crippen LogP contribution in [0, 0.1) is 5.92 Å². The summed E-state index contributed by atoms with van der Waals surface area (Å²) in [7, 11) is 0. The van der Waals surface area contributed by atoms with E-state index in [0.29, 0.717) is 5.92 Å². The largest absolute Gasteiger partial charge is 0.444 e. The zero-order valence-corrected chi connectivity index (χ0v) is 12.1. The van der Waals surface area contributed by atoms with Crippen LogP contribution >= 0.6 is 0 Å². The molecule has 0 aromatic rings. The zero-order valence-electron chi connectivity index (χ0n) is 12.1. The van der Waals surface area contributed by atoms with Crippen molar-refractivity contribution in [1.29, 1.82) is 0 Å². The van der Waals surface area contributed by atoms with Crippen LogP contribution in [0.3, 0.4) is 0 Å². The van der Waals surface area contributed by atoms with Gasteiger partial charge in [-0.25, -0.2) is 4.79 Å². The average molecular weight is 255 g/mol. The summed E-state index contributed by atoms with van der Waals surface area (Å²) in [6, 6.07) is 0.248. The number of hydrogen-bond acceptors (Lipinski definition) is 3. The Morgan fingerprint density at radius 2 is 2.06 bits per heavy atom. The first-order chi connectivity index (χ1) is 8.16. The first kappa shape index (κ1) is 13.7. The Morgan fingerprint density at radius 3 is 2.56 bits per heavy atom. The summed E-state index contributed by atoms with van der Waals surface area (Å²) in [6.07, 6.45) is 2.04. The molecule has 4 nitrogen and oxygen atoms in total. The lowest BCUT2D eigenvalue weighted by Crippen LogP contribution is -2.75. The van der Waals surface area contributed by atoms with Gasteiger partial charge in [-0.1, -0.05) is 6.92 Å². The molecule has 4 atom stereocenters. The molecule has 0 spiro atoms. The van der Waals surface area contributed by atoms with E-state index >= 15 is 0 Å². The second-order valence-corrected chi connectivity index (χ2v) is 7.03. The third kappa shape index (κ3) is 2.11. The second-order valence-electron chi connectivity index (χ2n) is 7.03. The standard InChI is InChI=1S/C14H25NO3/c1-9-6-11-8-14(7-9,10(2)16)15(11)12(17)18-13(3,4)5/h9-11,16H,6-8H2,1-5H3/t9-,10-,11?,14?/m1/s1. The van der Waals surface area contributed by atoms with Gasteiger partial charge in [0.05, 0.1) is 11.6 Å². The summed E-state index contributed by atoms with van der Waals surface area (Å²) < 4.78 is 5.46. The van der Waals surface area contributed by atoms with Crippen LogP contribution in [-0.2, 0) is 4.74 Å². The molecule has 3 fully saturated rings. The van der Waals surface area contributed by atoms with Gasteiger partial charge in [-0.15, -0.1) is 0 Å². The lowest BCUT2D eigenvalue weighted by atomic mass is 9.62. The predicted octanol–water partition coefficient (Wildman–Crippen LogP) is 2.55. The number of carbonyl (C=O) groups excluding carboxylic acids is 1. The molecule has 0 aromatic heterocycles. The number of rotatable bonds is 1. The van der Waals surface area contributed by atoms with Gasteiger partial charge < -0.3 is 9.84 Å². The van der Waals surface area contributed by atoms with Gasteiger partial charge in [-0.2, -0.15) is 0 Å². The molecule has 1 amide bonds. The van der Waals surface area contributed by atoms with Crippen LogP contribution in [0.1, 0.15) is 53.9 Å². The lowest BCUT2D eigenvalue weighted by Gasteiger charge is -2.64. The summed E-state index contributed by atoms with van der Waals surface area (Å²) in [5.41, 5.74) is -0.864. The molecule has 2 aliphatic heterocycles. The molecule has 2 bridgehead atoms. The molecular weight excluding hydrogens is 230 g/mol. The van der Waals surface area contributed by atoms with Gasteiger partial charge in [0.15, 0.2) is 0 Å². The highest BCUT2D eigenvalue weighted by molar-refractivity contribution is 5.71. The molecular formula is C14H25NO3. The number of carbonyl (C=O) groups is 1. The topological polar surface area (TPSA) is 49.8 Å². The van der Waals surface area contributed by atoms with Crippen LogP contribution in [0.2, 0.25) is 0 Å². The molecule has 4 heteroatoms. The Hall–Kier alpha value is -0.770. The third-order valence-corrected chi connectivity index (χ3v) is 4.18. The van der Waals surface area contributed by atoms with E-state index < -0.39 is 11.7 Å². The summed E-state index contributed by atoms with van der Waals surface area (Å²) in [4.78, 5) is 14.1. The number of piperidine rings is 1. The van der Waals surface area contributed by atoms with E-state index in [1.807, 2.05) is 20.8 Å². The average Bonchev–Trinajstić information content (AvgIpc) is 2.12. The minimum absolute atomic E-state index is 0.248. The molecule has 3 rings (SSSR count). The maximum absolute atomic E-state index is 12.3. The molecule has 0 aromatic carbocycles. The fourth-order valence-corrected chi connectivity index (χ4v) is 3.55. The number of aliphatic hydroxyl groups is 1. The quantitative estimate of drug-likeness (QED) is 0.783. The van der Waals surface area contributed by atoms with Crippen molar-refractivity contribution in [3.05, 3.63) is 0 Å². The van der Waals surface area contributed by atoms with Crippen molar-refractivity contribution >= 4 is 6.09 Å². The monoisotopic (exact) mass is 255 g/mol. The van der Waals surface area contributed by atoms with E-state index in [0.717, 1.165) is 19.3 Å². The highest BCUT2D eigenvalue weighted by atomic mass is 16.6. The number of amides is 1. The fraction of sp³-hybridized carbons (Fsp3) is 0.929. The molecule has 2 heterocycles. The van der Waals surface area contributed by atoms with E-state index in [1.165, 1.54) is 0 Å². The van der Waals surface area contributed by atoms with Crippen molar-refractivity contribution in [1.82, 2.24) is 4.90 Å². The van der Waals surface area contributed by atoms with Gasteiger partial charge in [0.1, 0.15) is 5.60 Å². The van der Waals surface area contributed by atoms with E-state index in [9.17, 15) is 9.90 Å². The predicted molar refractivity (Wildman–Crippen MR) is 69.3 cm³/mol. The summed E-state index contributed by atoms with van der Waals surface area (Å²) in [5, 5.41) is 10.1. The summed E-state index contributed by atoms with van der Waals surface area (Å²) in [5.74, 6) is 0.567. The van der Waals surface area contributed by atoms with E-state index in [-0.39, 0.29) is 17.7 Å². The normalized spacial score (nSPS) is 36.9. The molecule has 3 aliphatic rings. The molecule has 18 heavy (non-hydrogen) atoms. The van der Waals surface area contributed by atoms with Gasteiger partial charge in [0, 0.05) is 6.04 Å². The van der Waals surface area contributed by atoms with Crippen molar-refractivity contribution in [2.45, 2.75) is 77.2 Å². The molecule has 104 valence electrons. The Balaban J connectivity index is 2.16. The zero-order chi connectivity index (χ0) is 13.7. The molecule has 1 aliphatic carbocycles. The SMILES string of the molecule is C[C@@H]1CC2CC([C@@H](C)O)(C1)N2C(=O)OC(C)(C)C. The van der Waals surface area contributed by atoms with Crippen LogP contribution in [0.25, 0.3) is 0 Å². The number of nitrogens with zero attached hydrogens (tertiary/aromatic N) is 1. The van der Waals surface area contributed by atoms with Crippen LogP contribution in [0.4, 0.5) is 4.79 Å². The van der Waals surface area contributed by atoms with Crippen molar-refractivity contribution in [3.8, 4) is 0 Å². The van der Waals surface area contributed by atoms with Crippen molar-refractivity contribution in [2.75, 3.05) is 0 Å². The maximum Gasteiger partial charge on any atom is 0.411 e. The number of aliphatic hydroxyl groups excluding tert-OH is 1. The summed E-state index contributed by atoms with van der Waals surface area (Å²) >= 11 is 0. The Kier molecular flexibility index (Phi) is 3.13. The van der Waals surface area contributed by atoms with E-state index in [2.05, 4.69) is 6.92 Å². The van der Waals surface area contributed by atoms with Crippen LogP contribution in [0.5, 0.6) is 0 Å². The van der Waals surface area contributed by atoms with Crippen molar-refractivity contribution in [3.63, 3.8) is 0 Å². The highest BCUT2D eigenvalue weighted by Crippen LogP contribution is 2.51. The number of ether oxygens (including phenoxy) is 1. The van der Waals surface area contributed by atoms with Gasteiger partial charge in [0.25, 0.3) is 0 Å². The Labute approximate surface area is 109 Å². The summed E-state index contributed by atoms with van der Waals surface area (Å²) in [6.45, 7) is 9.59. The van der Waals surface area contributed by atoms with Gasteiger partial charge in [0.2, 0.25) is 0 Å². The molecule has 2 unspecified atom stereocenters. The minimum atomic E-state index is -0.496. The van der Waals surface area contributed by atoms with Gasteiger partial charge in [-0.05, 0) is 52.9 Å². The first-order valence-electron chi connectivity index (χ1n) is 6.86. The molecule has 2 saturated heterocycles. The van der Waals surface area contributed by atoms with E-state index in [1.54, 1.807) is 11.8 Å². The first-order valence-corrected chi connectivity index (χ1v) is 6.86. The van der Waals surface area contributed by atoms with Crippen LogP contribution < -0.4 is 0 Å². The second kappa shape index (κ2) is 4.12. The highest BCUT2D eigenvalue weighted by Gasteiger charge is 2.61. The molecule has 1 saturated carbocycles. The minimum Gasteiger partial charge on any atom is -0.444 e. The maximum atomic E-state index is 12.3. The number of hydrogen-bond donors (Lipinski definition) is 1. The van der Waals surface area contributed by atoms with Crippen LogP contribution in [0.15, 0.2) is 0 Å². The Morgan fingerprint density at radius 1 is 1.44 bits per heavy atom. The van der Waals surface area contributed by atoms with Crippen molar-refractivity contribution < 1.29 is 14.6 Å². The van der Waals surface area contributed by atoms with Gasteiger partial charge in [-0.3, -0.25) is 4.90 Å². The Bertz CT molecular complexity index is 347. The smallest absolute Gasteiger partial charge is 0.411 e. The van der Waals surface area contributed by atoms with E-state index in [4.69, 9.17) is 4.74 Å².